The molecule has 1 aliphatic rings. The molecule has 0 bridgehead atoms. The average Bonchev–Trinajstić information content (AvgIpc) is 3.07. The molecule has 0 unspecified atom stereocenters. The highest BCUT2D eigenvalue weighted by atomic mass is 32.2. The van der Waals surface area contributed by atoms with Gasteiger partial charge in [-0.2, -0.15) is 0 Å². The average molecular weight is 339 g/mol. The Labute approximate surface area is 143 Å². The predicted molar refractivity (Wildman–Crippen MR) is 93.7 cm³/mol. The lowest BCUT2D eigenvalue weighted by Gasteiger charge is -2.14. The SMILES string of the molecule is O=C1NCCCC[C@@H]1Sc1nc(-c2ccco2)nc2ccccc12. The van der Waals surface area contributed by atoms with Crippen LogP contribution in [-0.2, 0) is 4.79 Å². The highest BCUT2D eigenvalue weighted by molar-refractivity contribution is 8.00. The number of para-hydroxylation sites is 1. The first-order valence-corrected chi connectivity index (χ1v) is 8.94. The van der Waals surface area contributed by atoms with Crippen LogP contribution in [0.1, 0.15) is 19.3 Å². The van der Waals surface area contributed by atoms with Crippen molar-refractivity contribution in [1.29, 1.82) is 0 Å². The predicted octanol–water partition coefficient (Wildman–Crippen LogP) is 3.65. The van der Waals surface area contributed by atoms with Crippen LogP contribution in [0.2, 0.25) is 0 Å². The fraction of sp³-hybridized carbons (Fsp3) is 0.278. The molecule has 0 saturated carbocycles. The Morgan fingerprint density at radius 3 is 2.92 bits per heavy atom. The number of amides is 1. The number of thioether (sulfide) groups is 1. The van der Waals surface area contributed by atoms with Crippen LogP contribution in [0.4, 0.5) is 0 Å². The number of nitrogens with zero attached hydrogens (tertiary/aromatic N) is 2. The van der Waals surface area contributed by atoms with E-state index < -0.39 is 0 Å². The van der Waals surface area contributed by atoms with Gasteiger partial charge in [-0.15, -0.1) is 0 Å². The molecule has 0 radical (unpaired) electrons. The Balaban J connectivity index is 1.76. The number of furan rings is 1. The number of hydrogen-bond acceptors (Lipinski definition) is 5. The summed E-state index contributed by atoms with van der Waals surface area (Å²) in [7, 11) is 0. The lowest BCUT2D eigenvalue weighted by molar-refractivity contribution is -0.120. The van der Waals surface area contributed by atoms with Gasteiger partial charge in [-0.05, 0) is 31.0 Å². The van der Waals surface area contributed by atoms with Crippen LogP contribution in [0.15, 0.2) is 52.1 Å². The molecule has 3 heterocycles. The van der Waals surface area contributed by atoms with E-state index in [1.807, 2.05) is 36.4 Å². The topological polar surface area (TPSA) is 68.0 Å². The normalized spacial score (nSPS) is 18.3. The van der Waals surface area contributed by atoms with Crippen LogP contribution < -0.4 is 5.32 Å². The number of carbonyl (C=O) groups excluding carboxylic acids is 1. The smallest absolute Gasteiger partial charge is 0.233 e. The summed E-state index contributed by atoms with van der Waals surface area (Å²) in [6.07, 6.45) is 4.56. The molecule has 122 valence electrons. The van der Waals surface area contributed by atoms with E-state index in [4.69, 9.17) is 4.42 Å². The first-order chi connectivity index (χ1) is 11.8. The van der Waals surface area contributed by atoms with E-state index in [9.17, 15) is 4.79 Å². The Morgan fingerprint density at radius 2 is 2.04 bits per heavy atom. The summed E-state index contributed by atoms with van der Waals surface area (Å²) in [4.78, 5) is 21.5. The van der Waals surface area contributed by atoms with Crippen LogP contribution >= 0.6 is 11.8 Å². The first-order valence-electron chi connectivity index (χ1n) is 8.06. The summed E-state index contributed by atoms with van der Waals surface area (Å²) in [5.41, 5.74) is 0.857. The van der Waals surface area contributed by atoms with Gasteiger partial charge in [-0.25, -0.2) is 9.97 Å². The van der Waals surface area contributed by atoms with Crippen LogP contribution in [0.5, 0.6) is 0 Å². The summed E-state index contributed by atoms with van der Waals surface area (Å²) >= 11 is 1.52. The van der Waals surface area contributed by atoms with E-state index in [2.05, 4.69) is 15.3 Å². The molecule has 1 aliphatic heterocycles. The summed E-state index contributed by atoms with van der Waals surface area (Å²) < 4.78 is 5.44. The fourth-order valence-electron chi connectivity index (χ4n) is 2.81. The Morgan fingerprint density at radius 1 is 1.12 bits per heavy atom. The van der Waals surface area contributed by atoms with Gasteiger partial charge in [0.15, 0.2) is 11.6 Å². The minimum atomic E-state index is -0.116. The monoisotopic (exact) mass is 339 g/mol. The second kappa shape index (κ2) is 6.65. The van der Waals surface area contributed by atoms with Crippen LogP contribution in [0.25, 0.3) is 22.5 Å². The number of fused-ring (bicyclic) bond motifs is 1. The highest BCUT2D eigenvalue weighted by Crippen LogP contribution is 2.33. The molecular weight excluding hydrogens is 322 g/mol. The second-order valence-electron chi connectivity index (χ2n) is 5.74. The minimum absolute atomic E-state index is 0.0970. The van der Waals surface area contributed by atoms with Crippen molar-refractivity contribution < 1.29 is 9.21 Å². The molecular formula is C18H17N3O2S. The van der Waals surface area contributed by atoms with Gasteiger partial charge in [-0.3, -0.25) is 4.79 Å². The quantitative estimate of drug-likeness (QED) is 0.738. The molecule has 2 aromatic heterocycles. The van der Waals surface area contributed by atoms with Crippen molar-refractivity contribution in [2.24, 2.45) is 0 Å². The van der Waals surface area contributed by atoms with E-state index in [0.29, 0.717) is 11.6 Å². The molecule has 6 heteroatoms. The molecule has 5 nitrogen and oxygen atoms in total. The maximum absolute atomic E-state index is 12.3. The number of aromatic nitrogens is 2. The molecule has 1 N–H and O–H groups in total. The van der Waals surface area contributed by atoms with Crippen molar-refractivity contribution in [1.82, 2.24) is 15.3 Å². The lowest BCUT2D eigenvalue weighted by Crippen LogP contribution is -2.30. The molecule has 0 aliphatic carbocycles. The standard InChI is InChI=1S/C18H17N3O2S/c22-17-15(9-3-4-10-19-17)24-18-12-6-1-2-7-13(12)20-16(21-18)14-8-5-11-23-14/h1-2,5-8,11,15H,3-4,9-10H2,(H,19,22)/t15-/m0/s1. The van der Waals surface area contributed by atoms with Gasteiger partial charge in [0.1, 0.15) is 5.03 Å². The summed E-state index contributed by atoms with van der Waals surface area (Å²) in [5.74, 6) is 1.28. The Hall–Kier alpha value is -2.34. The fourth-order valence-corrected chi connectivity index (χ4v) is 3.99. The highest BCUT2D eigenvalue weighted by Gasteiger charge is 2.24. The third kappa shape index (κ3) is 3.01. The number of hydrogen-bond donors (Lipinski definition) is 1. The lowest BCUT2D eigenvalue weighted by atomic mass is 10.2. The largest absolute Gasteiger partial charge is 0.461 e. The third-order valence-electron chi connectivity index (χ3n) is 4.05. The zero-order valence-electron chi connectivity index (χ0n) is 13.1. The molecule has 1 saturated heterocycles. The van der Waals surface area contributed by atoms with Gasteiger partial charge < -0.3 is 9.73 Å². The maximum atomic E-state index is 12.3. The molecule has 1 amide bonds. The van der Waals surface area contributed by atoms with Crippen LogP contribution in [0.3, 0.4) is 0 Å². The van der Waals surface area contributed by atoms with E-state index in [1.165, 1.54) is 11.8 Å². The molecule has 0 spiro atoms. The summed E-state index contributed by atoms with van der Waals surface area (Å²) in [5, 5.41) is 4.66. The van der Waals surface area contributed by atoms with E-state index in [-0.39, 0.29) is 11.2 Å². The van der Waals surface area contributed by atoms with Crippen molar-refractivity contribution in [2.75, 3.05) is 6.54 Å². The van der Waals surface area contributed by atoms with Crippen LogP contribution in [0, 0.1) is 0 Å². The van der Waals surface area contributed by atoms with Crippen LogP contribution in [-0.4, -0.2) is 27.7 Å². The van der Waals surface area contributed by atoms with Gasteiger partial charge in [0.05, 0.1) is 17.0 Å². The van der Waals surface area contributed by atoms with Gasteiger partial charge in [0.25, 0.3) is 0 Å². The number of benzene rings is 1. The van der Waals surface area contributed by atoms with Gasteiger partial charge in [-0.1, -0.05) is 36.4 Å². The van der Waals surface area contributed by atoms with Gasteiger partial charge >= 0.3 is 0 Å². The molecule has 1 atom stereocenters. The summed E-state index contributed by atoms with van der Waals surface area (Å²) in [6.45, 7) is 0.762. The van der Waals surface area contributed by atoms with Crippen molar-refractivity contribution in [3.8, 4) is 11.6 Å². The number of carbonyl (C=O) groups is 1. The van der Waals surface area contributed by atoms with Crippen molar-refractivity contribution in [3.63, 3.8) is 0 Å². The zero-order chi connectivity index (χ0) is 16.4. The Kier molecular flexibility index (Phi) is 4.21. The molecule has 24 heavy (non-hydrogen) atoms. The second-order valence-corrected chi connectivity index (χ2v) is 6.93. The van der Waals surface area contributed by atoms with Crippen molar-refractivity contribution in [2.45, 2.75) is 29.5 Å². The number of nitrogens with one attached hydrogen (secondary N) is 1. The molecule has 1 fully saturated rings. The molecule has 3 aromatic rings. The van der Waals surface area contributed by atoms with Gasteiger partial charge in [0.2, 0.25) is 5.91 Å². The molecule has 4 rings (SSSR count). The first kappa shape index (κ1) is 15.2. The number of rotatable bonds is 3. The maximum Gasteiger partial charge on any atom is 0.233 e. The van der Waals surface area contributed by atoms with E-state index in [0.717, 1.165) is 41.7 Å². The van der Waals surface area contributed by atoms with Crippen molar-refractivity contribution in [3.05, 3.63) is 42.7 Å². The summed E-state index contributed by atoms with van der Waals surface area (Å²) in [6, 6.07) is 11.5. The van der Waals surface area contributed by atoms with Crippen molar-refractivity contribution >= 4 is 28.6 Å². The molecule has 1 aromatic carbocycles. The van der Waals surface area contributed by atoms with E-state index in [1.54, 1.807) is 6.26 Å². The van der Waals surface area contributed by atoms with Gasteiger partial charge in [0, 0.05) is 11.9 Å². The minimum Gasteiger partial charge on any atom is -0.461 e. The third-order valence-corrected chi connectivity index (χ3v) is 5.32. The van der Waals surface area contributed by atoms with E-state index >= 15 is 0 Å². The zero-order valence-corrected chi connectivity index (χ0v) is 13.9. The Bertz CT molecular complexity index is 864.